The molecule has 2 rings (SSSR count). The van der Waals surface area contributed by atoms with Crippen LogP contribution in [0.15, 0.2) is 30.3 Å². The van der Waals surface area contributed by atoms with Crippen molar-refractivity contribution in [3.8, 4) is 6.07 Å². The lowest BCUT2D eigenvalue weighted by atomic mass is 9.88. The van der Waals surface area contributed by atoms with Crippen LogP contribution in [0.5, 0.6) is 0 Å². The van der Waals surface area contributed by atoms with Crippen molar-refractivity contribution in [3.63, 3.8) is 0 Å². The summed E-state index contributed by atoms with van der Waals surface area (Å²) in [7, 11) is 1.82. The molecule has 1 fully saturated rings. The zero-order chi connectivity index (χ0) is 14.3. The number of nitrogens with zero attached hydrogens (tertiary/aromatic N) is 1. The van der Waals surface area contributed by atoms with Crippen molar-refractivity contribution in [1.82, 2.24) is 5.32 Å². The van der Waals surface area contributed by atoms with Crippen LogP contribution in [0.4, 0.5) is 0 Å². The first-order chi connectivity index (χ1) is 9.80. The molecule has 0 saturated carbocycles. The molecule has 1 aliphatic rings. The number of hydrogen-bond acceptors (Lipinski definition) is 4. The van der Waals surface area contributed by atoms with Crippen LogP contribution in [-0.4, -0.2) is 33.0 Å². The summed E-state index contributed by atoms with van der Waals surface area (Å²) in [6.07, 6.45) is 2.81. The number of nitriles is 1. The molecule has 0 amide bonds. The molecule has 4 nitrogen and oxygen atoms in total. The lowest BCUT2D eigenvalue weighted by Crippen LogP contribution is -2.40. The minimum absolute atomic E-state index is 0.271. The van der Waals surface area contributed by atoms with Crippen LogP contribution in [0.2, 0.25) is 0 Å². The number of nitrogens with one attached hydrogen (secondary N) is 1. The van der Waals surface area contributed by atoms with Gasteiger partial charge in [-0.3, -0.25) is 5.32 Å². The molecule has 0 aromatic heterocycles. The Kier molecular flexibility index (Phi) is 5.54. The minimum Gasteiger partial charge on any atom is -0.381 e. The van der Waals surface area contributed by atoms with Crippen LogP contribution in [0.3, 0.4) is 0 Å². The topological polar surface area (TPSA) is 54.3 Å². The van der Waals surface area contributed by atoms with Gasteiger partial charge in [-0.25, -0.2) is 0 Å². The van der Waals surface area contributed by atoms with Crippen molar-refractivity contribution in [2.75, 3.05) is 26.9 Å². The molecule has 20 heavy (non-hydrogen) atoms. The quantitative estimate of drug-likeness (QED) is 0.864. The highest BCUT2D eigenvalue weighted by Gasteiger charge is 2.30. The van der Waals surface area contributed by atoms with Crippen LogP contribution in [0, 0.1) is 11.3 Å². The summed E-state index contributed by atoms with van der Waals surface area (Å²) in [5, 5.41) is 12.7. The number of rotatable bonds is 6. The minimum atomic E-state index is -0.674. The molecule has 1 atom stereocenters. The van der Waals surface area contributed by atoms with E-state index in [9.17, 15) is 5.26 Å². The van der Waals surface area contributed by atoms with Crippen LogP contribution < -0.4 is 5.32 Å². The number of ether oxygens (including phenoxy) is 2. The second-order valence-corrected chi connectivity index (χ2v) is 5.07. The molecule has 0 spiro atoms. The highest BCUT2D eigenvalue weighted by Crippen LogP contribution is 2.24. The van der Waals surface area contributed by atoms with Crippen molar-refractivity contribution in [3.05, 3.63) is 35.9 Å². The predicted molar refractivity (Wildman–Crippen MR) is 77.2 cm³/mol. The fourth-order valence-electron chi connectivity index (χ4n) is 2.53. The summed E-state index contributed by atoms with van der Waals surface area (Å²) in [5.41, 5.74) is 0.312. The Morgan fingerprint density at radius 1 is 1.35 bits per heavy atom. The standard InChI is InChI=1S/C16H22N2O2/c1-18-16(13-17,14-5-3-2-4-6-14)9-12-20-15-7-10-19-11-8-15/h2-6,15,18H,7-12H2,1H3. The first kappa shape index (κ1) is 15.0. The SMILES string of the molecule is CNC(C#N)(CCOC1CCOCC1)c1ccccc1. The van der Waals surface area contributed by atoms with E-state index in [1.807, 2.05) is 37.4 Å². The van der Waals surface area contributed by atoms with Gasteiger partial charge in [0.05, 0.1) is 18.8 Å². The average Bonchev–Trinajstić information content (AvgIpc) is 2.54. The van der Waals surface area contributed by atoms with Crippen molar-refractivity contribution in [2.45, 2.75) is 30.9 Å². The normalized spacial score (nSPS) is 19.2. The number of benzene rings is 1. The van der Waals surface area contributed by atoms with Gasteiger partial charge in [0.15, 0.2) is 0 Å². The molecule has 0 radical (unpaired) electrons. The van der Waals surface area contributed by atoms with E-state index in [2.05, 4.69) is 11.4 Å². The molecule has 0 aliphatic carbocycles. The van der Waals surface area contributed by atoms with Gasteiger partial charge >= 0.3 is 0 Å². The highest BCUT2D eigenvalue weighted by atomic mass is 16.5. The monoisotopic (exact) mass is 274 g/mol. The first-order valence-corrected chi connectivity index (χ1v) is 7.16. The maximum absolute atomic E-state index is 9.58. The smallest absolute Gasteiger partial charge is 0.134 e. The predicted octanol–water partition coefficient (Wildman–Crippen LogP) is 2.21. The second-order valence-electron chi connectivity index (χ2n) is 5.07. The number of hydrogen-bond donors (Lipinski definition) is 1. The van der Waals surface area contributed by atoms with E-state index in [-0.39, 0.29) is 6.10 Å². The van der Waals surface area contributed by atoms with Gasteiger partial charge in [-0.15, -0.1) is 0 Å². The molecule has 1 saturated heterocycles. The van der Waals surface area contributed by atoms with Crippen molar-refractivity contribution >= 4 is 0 Å². The molecule has 1 aromatic rings. The molecule has 1 aliphatic heterocycles. The van der Waals surface area contributed by atoms with Gasteiger partial charge in [0.1, 0.15) is 5.54 Å². The van der Waals surface area contributed by atoms with Gasteiger partial charge < -0.3 is 9.47 Å². The lowest BCUT2D eigenvalue weighted by molar-refractivity contribution is -0.0357. The maximum Gasteiger partial charge on any atom is 0.134 e. The van der Waals surface area contributed by atoms with Gasteiger partial charge in [0.2, 0.25) is 0 Å². The Labute approximate surface area is 120 Å². The molecule has 4 heteroatoms. The van der Waals surface area contributed by atoms with Crippen LogP contribution in [0.1, 0.15) is 24.8 Å². The summed E-state index contributed by atoms with van der Waals surface area (Å²) in [6, 6.07) is 12.2. The zero-order valence-corrected chi connectivity index (χ0v) is 12.0. The lowest BCUT2D eigenvalue weighted by Gasteiger charge is -2.28. The maximum atomic E-state index is 9.58. The molecule has 108 valence electrons. The van der Waals surface area contributed by atoms with Crippen molar-refractivity contribution in [1.29, 1.82) is 5.26 Å². The Hall–Kier alpha value is -1.41. The Morgan fingerprint density at radius 2 is 2.05 bits per heavy atom. The first-order valence-electron chi connectivity index (χ1n) is 7.16. The second kappa shape index (κ2) is 7.39. The third-order valence-electron chi connectivity index (χ3n) is 3.88. The molecule has 0 bridgehead atoms. The summed E-state index contributed by atoms with van der Waals surface area (Å²) in [5.74, 6) is 0. The Balaban J connectivity index is 1.94. The zero-order valence-electron chi connectivity index (χ0n) is 12.0. The molecule has 1 heterocycles. The van der Waals surface area contributed by atoms with Gasteiger partial charge in [-0.2, -0.15) is 5.26 Å². The molecule has 1 aromatic carbocycles. The Bertz CT molecular complexity index is 438. The fourth-order valence-corrected chi connectivity index (χ4v) is 2.53. The van der Waals surface area contributed by atoms with Crippen molar-refractivity contribution < 1.29 is 9.47 Å². The molecule has 1 unspecified atom stereocenters. The van der Waals surface area contributed by atoms with E-state index < -0.39 is 5.54 Å². The van der Waals surface area contributed by atoms with Gasteiger partial charge in [-0.1, -0.05) is 30.3 Å². The summed E-state index contributed by atoms with van der Waals surface area (Å²) >= 11 is 0. The van der Waals surface area contributed by atoms with E-state index in [1.165, 1.54) is 0 Å². The summed E-state index contributed by atoms with van der Waals surface area (Å²) in [6.45, 7) is 2.13. The van der Waals surface area contributed by atoms with Crippen LogP contribution in [0.25, 0.3) is 0 Å². The summed E-state index contributed by atoms with van der Waals surface area (Å²) in [4.78, 5) is 0. The largest absolute Gasteiger partial charge is 0.381 e. The average molecular weight is 274 g/mol. The third kappa shape index (κ3) is 3.57. The molecular weight excluding hydrogens is 252 g/mol. The van der Waals surface area contributed by atoms with Crippen molar-refractivity contribution in [2.24, 2.45) is 0 Å². The molecular formula is C16H22N2O2. The fraction of sp³-hybridized carbons (Fsp3) is 0.562. The highest BCUT2D eigenvalue weighted by molar-refractivity contribution is 5.31. The van der Waals surface area contributed by atoms with Crippen LogP contribution in [-0.2, 0) is 15.0 Å². The van der Waals surface area contributed by atoms with Gasteiger partial charge in [0, 0.05) is 19.6 Å². The van der Waals surface area contributed by atoms with E-state index in [0.717, 1.165) is 31.6 Å². The van der Waals surface area contributed by atoms with E-state index in [4.69, 9.17) is 9.47 Å². The molecule has 1 N–H and O–H groups in total. The summed E-state index contributed by atoms with van der Waals surface area (Å²) < 4.78 is 11.2. The van der Waals surface area contributed by atoms with E-state index in [0.29, 0.717) is 13.0 Å². The third-order valence-corrected chi connectivity index (χ3v) is 3.88. The van der Waals surface area contributed by atoms with E-state index >= 15 is 0 Å². The van der Waals surface area contributed by atoms with Crippen LogP contribution >= 0.6 is 0 Å². The van der Waals surface area contributed by atoms with Gasteiger partial charge in [0.25, 0.3) is 0 Å². The van der Waals surface area contributed by atoms with E-state index in [1.54, 1.807) is 0 Å². The Morgan fingerprint density at radius 3 is 2.65 bits per heavy atom. The van der Waals surface area contributed by atoms with Gasteiger partial charge in [-0.05, 0) is 25.5 Å².